The van der Waals surface area contributed by atoms with Crippen molar-refractivity contribution in [3.05, 3.63) is 76.8 Å². The Morgan fingerprint density at radius 1 is 1.22 bits per heavy atom. The topological polar surface area (TPSA) is 71.9 Å². The van der Waals surface area contributed by atoms with Crippen LogP contribution in [0.5, 0.6) is 5.75 Å². The van der Waals surface area contributed by atoms with Crippen LogP contribution in [0.1, 0.15) is 29.5 Å². The molecule has 0 unspecified atom stereocenters. The number of hydrogen-bond donors (Lipinski definition) is 2. The molecule has 32 heavy (non-hydrogen) atoms. The maximum absolute atomic E-state index is 13.0. The van der Waals surface area contributed by atoms with E-state index < -0.39 is 0 Å². The molecule has 0 aliphatic carbocycles. The molecule has 0 aliphatic rings. The van der Waals surface area contributed by atoms with E-state index >= 15 is 0 Å². The lowest BCUT2D eigenvalue weighted by Gasteiger charge is -2.11. The molecule has 0 atom stereocenters. The number of ether oxygens (including phenoxy) is 1. The molecule has 164 valence electrons. The number of hydrogen-bond acceptors (Lipinski definition) is 4. The first-order valence-corrected chi connectivity index (χ1v) is 11.1. The fraction of sp³-hybridized carbons (Fsp3) is 0.240. The summed E-state index contributed by atoms with van der Waals surface area (Å²) in [5.41, 5.74) is 3.17. The molecule has 4 rings (SSSR count). The van der Waals surface area contributed by atoms with E-state index in [9.17, 15) is 4.79 Å². The van der Waals surface area contributed by atoms with Crippen molar-refractivity contribution >= 4 is 29.0 Å². The van der Waals surface area contributed by atoms with Gasteiger partial charge < -0.3 is 19.6 Å². The number of rotatable bonds is 8. The van der Waals surface area contributed by atoms with Crippen molar-refractivity contribution in [2.24, 2.45) is 0 Å². The van der Waals surface area contributed by atoms with Gasteiger partial charge in [0.1, 0.15) is 11.6 Å². The highest BCUT2D eigenvalue weighted by Gasteiger charge is 2.12. The molecule has 6 nitrogen and oxygen atoms in total. The van der Waals surface area contributed by atoms with Crippen molar-refractivity contribution in [1.29, 1.82) is 0 Å². The number of H-pyrrole nitrogens is 1. The largest absolute Gasteiger partial charge is 0.494 e. The summed E-state index contributed by atoms with van der Waals surface area (Å²) in [4.78, 5) is 20.6. The highest BCUT2D eigenvalue weighted by molar-refractivity contribution is 7.71. The number of aromatic amines is 1. The molecule has 4 aromatic rings. The van der Waals surface area contributed by atoms with Crippen LogP contribution in [0, 0.1) is 11.4 Å². The number of carbonyl (C=O) groups excluding carboxylic acids is 1. The Labute approximate surface area is 192 Å². The molecule has 0 radical (unpaired) electrons. The van der Waals surface area contributed by atoms with Gasteiger partial charge in [0.05, 0.1) is 17.7 Å². The molecule has 2 N–H and O–H groups in total. The van der Waals surface area contributed by atoms with Crippen LogP contribution in [0.2, 0.25) is 0 Å². The van der Waals surface area contributed by atoms with Gasteiger partial charge >= 0.3 is 0 Å². The van der Waals surface area contributed by atoms with E-state index in [1.165, 1.54) is 0 Å². The number of carbonyl (C=O) groups is 1. The predicted octanol–water partition coefficient (Wildman–Crippen LogP) is 5.29. The summed E-state index contributed by atoms with van der Waals surface area (Å²) in [6.07, 6.45) is 4.56. The van der Waals surface area contributed by atoms with E-state index in [-0.39, 0.29) is 5.91 Å². The number of para-hydroxylation sites is 1. The summed E-state index contributed by atoms with van der Waals surface area (Å²) in [5, 5.41) is 3.89. The van der Waals surface area contributed by atoms with Crippen molar-refractivity contribution in [2.45, 2.75) is 26.8 Å². The third-order valence-electron chi connectivity index (χ3n) is 5.37. The molecule has 1 amide bonds. The summed E-state index contributed by atoms with van der Waals surface area (Å²) >= 11 is 5.63. The lowest BCUT2D eigenvalue weighted by molar-refractivity contribution is 0.0954. The fourth-order valence-electron chi connectivity index (χ4n) is 3.70. The van der Waals surface area contributed by atoms with Crippen LogP contribution in [-0.4, -0.2) is 33.6 Å². The van der Waals surface area contributed by atoms with Gasteiger partial charge in [-0.2, -0.15) is 0 Å². The second kappa shape index (κ2) is 9.78. The minimum atomic E-state index is -0.118. The maximum atomic E-state index is 13.0. The Bertz CT molecular complexity index is 1290. The van der Waals surface area contributed by atoms with Crippen molar-refractivity contribution in [3.8, 4) is 17.0 Å². The number of amides is 1. The SMILES string of the molecule is CCOc1ccc(-c2cc(=S)c3cccc(C(=O)NCCCn4ccnc4C)c3[nH]2)cc1. The molecular formula is C25H26N4O2S. The number of imidazole rings is 1. The van der Waals surface area contributed by atoms with Crippen LogP contribution in [-0.2, 0) is 6.54 Å². The zero-order valence-corrected chi connectivity index (χ0v) is 19.0. The van der Waals surface area contributed by atoms with Crippen molar-refractivity contribution in [3.63, 3.8) is 0 Å². The molecule has 0 aliphatic heterocycles. The molecule has 0 fully saturated rings. The van der Waals surface area contributed by atoms with E-state index in [4.69, 9.17) is 17.0 Å². The normalized spacial score (nSPS) is 10.9. The molecule has 0 saturated carbocycles. The van der Waals surface area contributed by atoms with Gasteiger partial charge in [0.15, 0.2) is 0 Å². The Morgan fingerprint density at radius 3 is 2.75 bits per heavy atom. The summed E-state index contributed by atoms with van der Waals surface area (Å²) in [5.74, 6) is 1.67. The van der Waals surface area contributed by atoms with Crippen molar-refractivity contribution in [2.75, 3.05) is 13.2 Å². The van der Waals surface area contributed by atoms with Crippen molar-refractivity contribution < 1.29 is 9.53 Å². The zero-order valence-electron chi connectivity index (χ0n) is 18.2. The first-order valence-electron chi connectivity index (χ1n) is 10.7. The van der Waals surface area contributed by atoms with Crippen LogP contribution >= 0.6 is 12.2 Å². The molecule has 2 heterocycles. The number of fused-ring (bicyclic) bond motifs is 1. The number of aromatic nitrogens is 3. The van der Waals surface area contributed by atoms with Crippen LogP contribution < -0.4 is 10.1 Å². The molecule has 2 aromatic heterocycles. The van der Waals surface area contributed by atoms with E-state index in [0.717, 1.165) is 46.7 Å². The predicted molar refractivity (Wildman–Crippen MR) is 130 cm³/mol. The first kappa shape index (κ1) is 21.8. The number of aryl methyl sites for hydroxylation is 2. The van der Waals surface area contributed by atoms with Gasteiger partial charge in [-0.05, 0) is 62.2 Å². The molecule has 0 saturated heterocycles. The van der Waals surface area contributed by atoms with E-state index in [0.29, 0.717) is 23.2 Å². The third-order valence-corrected chi connectivity index (χ3v) is 5.71. The Kier molecular flexibility index (Phi) is 6.66. The Hall–Kier alpha value is -3.45. The standard InChI is InChI=1S/C25H26N4O2S/c1-3-31-19-10-8-18(9-11-19)22-16-23(32)20-6-4-7-21(24(20)28-22)25(30)27-12-5-14-29-15-13-26-17(29)2/h4,6-11,13,15-16H,3,5,12,14H2,1-2H3,(H,27,30)(H,28,32). The second-order valence-corrected chi connectivity index (χ2v) is 7.95. The summed E-state index contributed by atoms with van der Waals surface area (Å²) < 4.78 is 8.30. The van der Waals surface area contributed by atoms with Gasteiger partial charge in [-0.15, -0.1) is 0 Å². The van der Waals surface area contributed by atoms with Crippen LogP contribution in [0.15, 0.2) is 60.9 Å². The number of pyridine rings is 1. The van der Waals surface area contributed by atoms with Gasteiger partial charge in [0, 0.05) is 41.1 Å². The van der Waals surface area contributed by atoms with Crippen LogP contribution in [0.4, 0.5) is 0 Å². The summed E-state index contributed by atoms with van der Waals surface area (Å²) in [6, 6.07) is 15.4. The summed E-state index contributed by atoms with van der Waals surface area (Å²) in [7, 11) is 0. The average Bonchev–Trinajstić information content (AvgIpc) is 3.21. The van der Waals surface area contributed by atoms with Crippen LogP contribution in [0.3, 0.4) is 0 Å². The van der Waals surface area contributed by atoms with Crippen LogP contribution in [0.25, 0.3) is 22.2 Å². The Balaban J connectivity index is 1.55. The highest BCUT2D eigenvalue weighted by atomic mass is 32.1. The molecule has 7 heteroatoms. The maximum Gasteiger partial charge on any atom is 0.253 e. The lowest BCUT2D eigenvalue weighted by atomic mass is 10.1. The van der Waals surface area contributed by atoms with Crippen molar-refractivity contribution in [1.82, 2.24) is 19.9 Å². The average molecular weight is 447 g/mol. The number of nitrogens with one attached hydrogen (secondary N) is 2. The Morgan fingerprint density at radius 2 is 2.03 bits per heavy atom. The summed E-state index contributed by atoms with van der Waals surface area (Å²) in [6.45, 7) is 5.94. The van der Waals surface area contributed by atoms with E-state index in [2.05, 4.69) is 19.9 Å². The third kappa shape index (κ3) is 4.73. The minimum Gasteiger partial charge on any atom is -0.494 e. The molecule has 0 bridgehead atoms. The van der Waals surface area contributed by atoms with Gasteiger partial charge in [-0.25, -0.2) is 4.98 Å². The zero-order chi connectivity index (χ0) is 22.5. The molecule has 2 aromatic carbocycles. The van der Waals surface area contributed by atoms with Gasteiger partial charge in [0.25, 0.3) is 5.91 Å². The van der Waals surface area contributed by atoms with Gasteiger partial charge in [-0.3, -0.25) is 4.79 Å². The van der Waals surface area contributed by atoms with Gasteiger partial charge in [0.2, 0.25) is 0 Å². The second-order valence-electron chi connectivity index (χ2n) is 7.51. The number of benzene rings is 2. The van der Waals surface area contributed by atoms with Gasteiger partial charge in [-0.1, -0.05) is 24.4 Å². The molecule has 0 spiro atoms. The van der Waals surface area contributed by atoms with E-state index in [1.807, 2.05) is 68.6 Å². The number of nitrogens with zero attached hydrogens (tertiary/aromatic N) is 2. The van der Waals surface area contributed by atoms with E-state index in [1.54, 1.807) is 6.20 Å². The first-order chi connectivity index (χ1) is 15.6. The quantitative estimate of drug-likeness (QED) is 0.285. The highest BCUT2D eigenvalue weighted by Crippen LogP contribution is 2.26. The fourth-order valence-corrected chi connectivity index (χ4v) is 3.99. The smallest absolute Gasteiger partial charge is 0.253 e. The minimum absolute atomic E-state index is 0.118. The molecular weight excluding hydrogens is 420 g/mol. The lowest BCUT2D eigenvalue weighted by Crippen LogP contribution is -2.25. The monoisotopic (exact) mass is 446 g/mol.